The van der Waals surface area contributed by atoms with E-state index in [1.165, 1.54) is 30.4 Å². The Balaban J connectivity index is 2.34. The van der Waals surface area contributed by atoms with Gasteiger partial charge in [0.25, 0.3) is 0 Å². The van der Waals surface area contributed by atoms with Crippen molar-refractivity contribution in [3.63, 3.8) is 0 Å². The van der Waals surface area contributed by atoms with Gasteiger partial charge in [0.1, 0.15) is 0 Å². The van der Waals surface area contributed by atoms with Gasteiger partial charge in [-0.2, -0.15) is 0 Å². The zero-order valence-corrected chi connectivity index (χ0v) is 12.2. The van der Waals surface area contributed by atoms with E-state index in [9.17, 15) is 0 Å². The van der Waals surface area contributed by atoms with Gasteiger partial charge in [0.15, 0.2) is 0 Å². The first-order valence-electron chi connectivity index (χ1n) is 7.35. The molecule has 1 aliphatic carbocycles. The standard InChI is InChI=1S/C17H27N/c1-11(2)14-7-5-12(3)9-15(14)16-10-13(4)6-8-17(16)18/h6,8,10-12,14-15H,5,7,9,18H2,1-4H3/t12-,14+,15-/m1/s1. The van der Waals surface area contributed by atoms with Crippen LogP contribution < -0.4 is 5.73 Å². The summed E-state index contributed by atoms with van der Waals surface area (Å²) in [6, 6.07) is 6.52. The van der Waals surface area contributed by atoms with Crippen LogP contribution in [0.4, 0.5) is 5.69 Å². The molecule has 0 aromatic heterocycles. The van der Waals surface area contributed by atoms with Crippen molar-refractivity contribution in [2.45, 2.75) is 52.9 Å². The van der Waals surface area contributed by atoms with E-state index in [0.29, 0.717) is 5.92 Å². The van der Waals surface area contributed by atoms with Gasteiger partial charge in [0, 0.05) is 5.69 Å². The van der Waals surface area contributed by atoms with Crippen LogP contribution in [-0.2, 0) is 0 Å². The third-order valence-electron chi connectivity index (χ3n) is 4.66. The number of benzene rings is 1. The zero-order chi connectivity index (χ0) is 13.3. The van der Waals surface area contributed by atoms with Gasteiger partial charge in [0.05, 0.1) is 0 Å². The summed E-state index contributed by atoms with van der Waals surface area (Å²) in [5, 5.41) is 0. The first-order valence-corrected chi connectivity index (χ1v) is 7.35. The molecule has 1 fully saturated rings. The van der Waals surface area contributed by atoms with E-state index >= 15 is 0 Å². The Kier molecular flexibility index (Phi) is 3.99. The van der Waals surface area contributed by atoms with Crippen LogP contribution in [-0.4, -0.2) is 0 Å². The summed E-state index contributed by atoms with van der Waals surface area (Å²) in [4.78, 5) is 0. The first kappa shape index (κ1) is 13.5. The highest BCUT2D eigenvalue weighted by Crippen LogP contribution is 2.45. The minimum absolute atomic E-state index is 0.661. The fourth-order valence-corrected chi connectivity index (χ4v) is 3.58. The second-order valence-electron chi connectivity index (χ2n) is 6.56. The Morgan fingerprint density at radius 2 is 1.94 bits per heavy atom. The highest BCUT2D eigenvalue weighted by Gasteiger charge is 2.32. The van der Waals surface area contributed by atoms with E-state index in [1.807, 2.05) is 0 Å². The molecule has 0 bridgehead atoms. The third kappa shape index (κ3) is 2.71. The predicted molar refractivity (Wildman–Crippen MR) is 79.7 cm³/mol. The van der Waals surface area contributed by atoms with Crippen LogP contribution in [0.2, 0.25) is 0 Å². The number of nitrogen functional groups attached to an aromatic ring is 1. The van der Waals surface area contributed by atoms with Crippen LogP contribution in [0.15, 0.2) is 18.2 Å². The van der Waals surface area contributed by atoms with Crippen LogP contribution in [0, 0.1) is 24.7 Å². The molecule has 1 aromatic rings. The number of nitrogens with two attached hydrogens (primary N) is 1. The summed E-state index contributed by atoms with van der Waals surface area (Å²) in [7, 11) is 0. The SMILES string of the molecule is Cc1ccc(N)c([C@@H]2C[C@H](C)CC[C@H]2C(C)C)c1. The van der Waals surface area contributed by atoms with Crippen molar-refractivity contribution < 1.29 is 0 Å². The summed E-state index contributed by atoms with van der Waals surface area (Å²) in [6.45, 7) is 9.27. The van der Waals surface area contributed by atoms with Gasteiger partial charge < -0.3 is 5.73 Å². The van der Waals surface area contributed by atoms with Crippen molar-refractivity contribution in [3.8, 4) is 0 Å². The Morgan fingerprint density at radius 3 is 2.61 bits per heavy atom. The molecule has 0 aliphatic heterocycles. The maximum atomic E-state index is 6.23. The lowest BCUT2D eigenvalue weighted by atomic mass is 9.67. The second kappa shape index (κ2) is 5.34. The normalized spacial score (nSPS) is 28.6. The molecule has 0 radical (unpaired) electrons. The molecule has 1 nitrogen and oxygen atoms in total. The Morgan fingerprint density at radius 1 is 1.22 bits per heavy atom. The van der Waals surface area contributed by atoms with Crippen LogP contribution in [0.5, 0.6) is 0 Å². The molecule has 1 aromatic carbocycles. The topological polar surface area (TPSA) is 26.0 Å². The van der Waals surface area contributed by atoms with Crippen molar-refractivity contribution in [1.82, 2.24) is 0 Å². The molecule has 0 amide bonds. The molecule has 2 N–H and O–H groups in total. The van der Waals surface area contributed by atoms with E-state index in [2.05, 4.69) is 45.9 Å². The van der Waals surface area contributed by atoms with Gasteiger partial charge in [-0.3, -0.25) is 0 Å². The maximum absolute atomic E-state index is 6.23. The Labute approximate surface area is 112 Å². The van der Waals surface area contributed by atoms with E-state index in [-0.39, 0.29) is 0 Å². The van der Waals surface area contributed by atoms with Crippen molar-refractivity contribution in [2.75, 3.05) is 5.73 Å². The fourth-order valence-electron chi connectivity index (χ4n) is 3.58. The third-order valence-corrected chi connectivity index (χ3v) is 4.66. The molecule has 18 heavy (non-hydrogen) atoms. The van der Waals surface area contributed by atoms with Gasteiger partial charge in [-0.25, -0.2) is 0 Å². The van der Waals surface area contributed by atoms with Crippen molar-refractivity contribution in [3.05, 3.63) is 29.3 Å². The molecule has 0 heterocycles. The summed E-state index contributed by atoms with van der Waals surface area (Å²) in [5.74, 6) is 3.05. The molecule has 0 unspecified atom stereocenters. The summed E-state index contributed by atoms with van der Waals surface area (Å²) in [5.41, 5.74) is 9.96. The minimum Gasteiger partial charge on any atom is -0.398 e. The van der Waals surface area contributed by atoms with Crippen LogP contribution >= 0.6 is 0 Å². The minimum atomic E-state index is 0.661. The summed E-state index contributed by atoms with van der Waals surface area (Å²) in [6.07, 6.45) is 4.04. The van der Waals surface area contributed by atoms with Crippen LogP contribution in [0.1, 0.15) is 57.1 Å². The average Bonchev–Trinajstić information content (AvgIpc) is 2.31. The van der Waals surface area contributed by atoms with Gasteiger partial charge in [-0.15, -0.1) is 0 Å². The van der Waals surface area contributed by atoms with E-state index in [1.54, 1.807) is 0 Å². The van der Waals surface area contributed by atoms with Crippen molar-refractivity contribution in [2.24, 2.45) is 17.8 Å². The van der Waals surface area contributed by atoms with Crippen LogP contribution in [0.3, 0.4) is 0 Å². The molecule has 0 saturated heterocycles. The molecular weight excluding hydrogens is 218 g/mol. The van der Waals surface area contributed by atoms with Gasteiger partial charge in [-0.05, 0) is 55.1 Å². The lowest BCUT2D eigenvalue weighted by molar-refractivity contribution is 0.198. The molecule has 2 rings (SSSR count). The van der Waals surface area contributed by atoms with Gasteiger partial charge >= 0.3 is 0 Å². The predicted octanol–water partition coefficient (Wildman–Crippen LogP) is 4.75. The lowest BCUT2D eigenvalue weighted by Gasteiger charge is -2.38. The van der Waals surface area contributed by atoms with Gasteiger partial charge in [0.2, 0.25) is 0 Å². The van der Waals surface area contributed by atoms with Crippen molar-refractivity contribution >= 4 is 5.69 Å². The highest BCUT2D eigenvalue weighted by molar-refractivity contribution is 5.50. The van der Waals surface area contributed by atoms with E-state index in [4.69, 9.17) is 5.73 Å². The second-order valence-corrected chi connectivity index (χ2v) is 6.56. The average molecular weight is 245 g/mol. The largest absolute Gasteiger partial charge is 0.398 e. The number of anilines is 1. The summed E-state index contributed by atoms with van der Waals surface area (Å²) < 4.78 is 0. The monoisotopic (exact) mass is 245 g/mol. The van der Waals surface area contributed by atoms with E-state index < -0.39 is 0 Å². The highest BCUT2D eigenvalue weighted by atomic mass is 14.6. The zero-order valence-electron chi connectivity index (χ0n) is 12.2. The van der Waals surface area contributed by atoms with Crippen molar-refractivity contribution in [1.29, 1.82) is 0 Å². The number of aryl methyl sites for hydroxylation is 1. The fraction of sp³-hybridized carbons (Fsp3) is 0.647. The number of rotatable bonds is 2. The molecule has 100 valence electrons. The Bertz CT molecular complexity index is 408. The number of hydrogen-bond acceptors (Lipinski definition) is 1. The quantitative estimate of drug-likeness (QED) is 0.747. The first-order chi connectivity index (χ1) is 8.49. The molecule has 3 atom stereocenters. The summed E-state index contributed by atoms with van der Waals surface area (Å²) >= 11 is 0. The molecule has 1 heteroatoms. The van der Waals surface area contributed by atoms with E-state index in [0.717, 1.165) is 23.4 Å². The molecule has 1 saturated carbocycles. The molecule has 1 aliphatic rings. The van der Waals surface area contributed by atoms with Crippen LogP contribution in [0.25, 0.3) is 0 Å². The molecular formula is C17H27N. The number of hydrogen-bond donors (Lipinski definition) is 1. The Hall–Kier alpha value is -0.980. The smallest absolute Gasteiger partial charge is 0.0349 e. The molecule has 0 spiro atoms. The lowest BCUT2D eigenvalue weighted by Crippen LogP contribution is -2.26. The van der Waals surface area contributed by atoms with Gasteiger partial charge in [-0.1, -0.05) is 44.9 Å². The maximum Gasteiger partial charge on any atom is 0.0349 e.